The summed E-state index contributed by atoms with van der Waals surface area (Å²) in [5.74, 6) is 0. The van der Waals surface area contributed by atoms with Crippen molar-refractivity contribution in [2.45, 2.75) is 0 Å². The first-order valence-electron chi connectivity index (χ1n) is 14.5. The topological polar surface area (TPSA) is 18.1 Å². The number of benzene rings is 8. The maximum Gasteiger partial charge on any atom is 0.137 e. The third kappa shape index (κ3) is 2.74. The third-order valence-corrected chi connectivity index (χ3v) is 9.12. The van der Waals surface area contributed by atoms with Crippen LogP contribution in [0.5, 0.6) is 0 Å². The van der Waals surface area contributed by atoms with Crippen LogP contribution >= 0.6 is 0 Å². The molecule has 0 bridgehead atoms. The van der Waals surface area contributed by atoms with Gasteiger partial charge in [0.15, 0.2) is 0 Å². The Hall–Kier alpha value is -5.60. The largest absolute Gasteiger partial charge is 0.456 e. The Kier molecular flexibility index (Phi) is 4.21. The summed E-state index contributed by atoms with van der Waals surface area (Å²) in [5, 5.41) is 15.1. The number of para-hydroxylation sites is 2. The molecule has 0 amide bonds. The predicted molar refractivity (Wildman–Crippen MR) is 178 cm³/mol. The van der Waals surface area contributed by atoms with Crippen LogP contribution in [0.25, 0.3) is 92.5 Å². The number of hydrogen-bond donors (Lipinski definition) is 0. The van der Waals surface area contributed by atoms with Crippen molar-refractivity contribution in [3.63, 3.8) is 0 Å². The van der Waals surface area contributed by atoms with Crippen molar-refractivity contribution in [1.29, 1.82) is 0 Å². The SMILES string of the molecule is c1ccc(-n2c3cc4oc5ccccc5c4cc3c3c4ccccc4c4c5ccccc5c5ccccc5c4c32)cc1. The lowest BCUT2D eigenvalue weighted by Gasteiger charge is -2.17. The van der Waals surface area contributed by atoms with E-state index in [2.05, 4.69) is 138 Å². The lowest BCUT2D eigenvalue weighted by Crippen LogP contribution is -1.95. The van der Waals surface area contributed by atoms with Gasteiger partial charge in [0, 0.05) is 44.1 Å². The van der Waals surface area contributed by atoms with Crippen LogP contribution in [0.3, 0.4) is 0 Å². The smallest absolute Gasteiger partial charge is 0.137 e. The van der Waals surface area contributed by atoms with Gasteiger partial charge in [0.05, 0.1) is 11.0 Å². The predicted octanol–water partition coefficient (Wildman–Crippen LogP) is 11.3. The zero-order valence-corrected chi connectivity index (χ0v) is 22.6. The molecule has 2 heterocycles. The van der Waals surface area contributed by atoms with E-state index in [0.29, 0.717) is 0 Å². The van der Waals surface area contributed by atoms with Crippen molar-refractivity contribution in [2.75, 3.05) is 0 Å². The normalized spacial score (nSPS) is 12.3. The molecule has 10 rings (SSSR count). The minimum atomic E-state index is 0.910. The van der Waals surface area contributed by atoms with Crippen LogP contribution in [0, 0.1) is 0 Å². The van der Waals surface area contributed by atoms with Gasteiger partial charge in [-0.3, -0.25) is 0 Å². The summed E-state index contributed by atoms with van der Waals surface area (Å²) in [6.07, 6.45) is 0. The summed E-state index contributed by atoms with van der Waals surface area (Å²) < 4.78 is 8.90. The molecule has 194 valence electrons. The second kappa shape index (κ2) is 7.99. The summed E-state index contributed by atoms with van der Waals surface area (Å²) in [5.41, 5.74) is 5.36. The van der Waals surface area contributed by atoms with Gasteiger partial charge in [-0.2, -0.15) is 0 Å². The van der Waals surface area contributed by atoms with E-state index in [4.69, 9.17) is 4.42 Å². The Balaban J connectivity index is 1.60. The second-order valence-electron chi connectivity index (χ2n) is 11.2. The van der Waals surface area contributed by atoms with Crippen LogP contribution in [-0.4, -0.2) is 4.57 Å². The molecule has 0 aliphatic heterocycles. The summed E-state index contributed by atoms with van der Waals surface area (Å²) in [6.45, 7) is 0. The van der Waals surface area contributed by atoms with Crippen LogP contribution in [0.15, 0.2) is 144 Å². The number of fused-ring (bicyclic) bond motifs is 16. The fourth-order valence-electron chi connectivity index (χ4n) is 7.45. The molecule has 0 atom stereocenters. The van der Waals surface area contributed by atoms with Gasteiger partial charge in [-0.15, -0.1) is 0 Å². The van der Waals surface area contributed by atoms with Crippen molar-refractivity contribution in [3.05, 3.63) is 140 Å². The van der Waals surface area contributed by atoms with Gasteiger partial charge in [0.1, 0.15) is 11.2 Å². The van der Waals surface area contributed by atoms with Crippen LogP contribution in [0.4, 0.5) is 0 Å². The van der Waals surface area contributed by atoms with E-state index >= 15 is 0 Å². The van der Waals surface area contributed by atoms with Crippen LogP contribution in [-0.2, 0) is 0 Å². The maximum atomic E-state index is 6.44. The van der Waals surface area contributed by atoms with Crippen molar-refractivity contribution in [1.82, 2.24) is 4.57 Å². The molecule has 0 fully saturated rings. The van der Waals surface area contributed by atoms with Crippen molar-refractivity contribution < 1.29 is 4.42 Å². The van der Waals surface area contributed by atoms with Crippen molar-refractivity contribution >= 4 is 86.8 Å². The quantitative estimate of drug-likeness (QED) is 0.192. The van der Waals surface area contributed by atoms with Crippen LogP contribution in [0.2, 0.25) is 0 Å². The van der Waals surface area contributed by atoms with E-state index in [0.717, 1.165) is 33.1 Å². The van der Waals surface area contributed by atoms with E-state index in [1.54, 1.807) is 0 Å². The van der Waals surface area contributed by atoms with Gasteiger partial charge >= 0.3 is 0 Å². The first-order valence-corrected chi connectivity index (χ1v) is 14.5. The molecule has 0 saturated carbocycles. The molecular weight excluding hydrogens is 510 g/mol. The summed E-state index contributed by atoms with van der Waals surface area (Å²) in [6, 6.07) is 50.5. The highest BCUT2D eigenvalue weighted by Crippen LogP contribution is 2.48. The van der Waals surface area contributed by atoms with Crippen LogP contribution < -0.4 is 0 Å². The van der Waals surface area contributed by atoms with E-state index in [9.17, 15) is 0 Å². The molecule has 0 aliphatic rings. The first-order chi connectivity index (χ1) is 20.9. The van der Waals surface area contributed by atoms with Gasteiger partial charge in [-0.05, 0) is 56.6 Å². The molecular formula is C40H23NO. The molecule has 2 aromatic heterocycles. The molecule has 10 aromatic rings. The monoisotopic (exact) mass is 533 g/mol. The average Bonchev–Trinajstić information content (AvgIpc) is 3.59. The summed E-state index contributed by atoms with van der Waals surface area (Å²) >= 11 is 0. The van der Waals surface area contributed by atoms with Gasteiger partial charge in [0.2, 0.25) is 0 Å². The fraction of sp³-hybridized carbons (Fsp3) is 0. The zero-order valence-electron chi connectivity index (χ0n) is 22.6. The van der Waals surface area contributed by atoms with E-state index in [-0.39, 0.29) is 0 Å². The number of nitrogens with zero attached hydrogens (tertiary/aromatic N) is 1. The standard InChI is InChI=1S/C40H23NO/c1-2-12-24(13-3-1)41-34-23-36-32(27-16-10-11-21-35(27)42-36)22-33(34)38-31-20-9-8-19-30(31)37-28-17-6-4-14-25(28)26-15-5-7-18-29(26)39(37)40(38)41/h1-23H. The highest BCUT2D eigenvalue weighted by molar-refractivity contribution is 6.42. The molecule has 0 aliphatic carbocycles. The highest BCUT2D eigenvalue weighted by Gasteiger charge is 2.23. The van der Waals surface area contributed by atoms with Crippen LogP contribution in [0.1, 0.15) is 0 Å². The molecule has 0 saturated heterocycles. The lowest BCUT2D eigenvalue weighted by molar-refractivity contribution is 0.669. The zero-order chi connectivity index (χ0) is 27.4. The molecule has 42 heavy (non-hydrogen) atoms. The second-order valence-corrected chi connectivity index (χ2v) is 11.2. The Morgan fingerprint density at radius 2 is 0.881 bits per heavy atom. The molecule has 0 unspecified atom stereocenters. The van der Waals surface area contributed by atoms with E-state index in [1.807, 2.05) is 6.07 Å². The summed E-state index contributed by atoms with van der Waals surface area (Å²) in [4.78, 5) is 0. The van der Waals surface area contributed by atoms with E-state index in [1.165, 1.54) is 59.4 Å². The van der Waals surface area contributed by atoms with Gasteiger partial charge < -0.3 is 8.98 Å². The number of rotatable bonds is 1. The van der Waals surface area contributed by atoms with E-state index < -0.39 is 0 Å². The maximum absolute atomic E-state index is 6.44. The summed E-state index contributed by atoms with van der Waals surface area (Å²) in [7, 11) is 0. The minimum Gasteiger partial charge on any atom is -0.456 e. The first kappa shape index (κ1) is 22.1. The lowest BCUT2D eigenvalue weighted by atomic mass is 9.89. The van der Waals surface area contributed by atoms with Gasteiger partial charge in [0.25, 0.3) is 0 Å². The number of furan rings is 1. The molecule has 0 spiro atoms. The molecule has 0 N–H and O–H groups in total. The molecule has 2 heteroatoms. The van der Waals surface area contributed by atoms with Crippen molar-refractivity contribution in [3.8, 4) is 5.69 Å². The number of aromatic nitrogens is 1. The minimum absolute atomic E-state index is 0.910. The Labute approximate surface area is 240 Å². The average molecular weight is 534 g/mol. The molecule has 8 aromatic carbocycles. The van der Waals surface area contributed by atoms with Gasteiger partial charge in [-0.1, -0.05) is 109 Å². The molecule has 2 nitrogen and oxygen atoms in total. The third-order valence-electron chi connectivity index (χ3n) is 9.12. The number of hydrogen-bond acceptors (Lipinski definition) is 1. The van der Waals surface area contributed by atoms with Gasteiger partial charge in [-0.25, -0.2) is 0 Å². The highest BCUT2D eigenvalue weighted by atomic mass is 16.3. The molecule has 0 radical (unpaired) electrons. The fourth-order valence-corrected chi connectivity index (χ4v) is 7.45. The Morgan fingerprint density at radius 1 is 0.357 bits per heavy atom. The Morgan fingerprint density at radius 3 is 1.57 bits per heavy atom. The Bertz CT molecular complexity index is 2730. The van der Waals surface area contributed by atoms with Crippen molar-refractivity contribution in [2.24, 2.45) is 0 Å².